The lowest BCUT2D eigenvalue weighted by Crippen LogP contribution is -2.53. The van der Waals surface area contributed by atoms with E-state index in [-0.39, 0.29) is 12.5 Å². The predicted molar refractivity (Wildman–Crippen MR) is 155 cm³/mol. The summed E-state index contributed by atoms with van der Waals surface area (Å²) in [5.74, 6) is -0.736. The zero-order valence-electron chi connectivity index (χ0n) is 21.7. The van der Waals surface area contributed by atoms with Crippen LogP contribution in [0.1, 0.15) is 30.9 Å². The molecule has 0 aliphatic rings. The molecule has 9 heteroatoms. The molecule has 0 spiro atoms. The smallest absolute Gasteiger partial charge is 0.244 e. The summed E-state index contributed by atoms with van der Waals surface area (Å²) in [6.45, 7) is 2.26. The molecule has 1 N–H and O–H groups in total. The second-order valence-corrected chi connectivity index (χ2v) is 11.8. The number of sulfonamides is 1. The minimum atomic E-state index is -3.81. The van der Waals surface area contributed by atoms with Crippen LogP contribution in [0.15, 0.2) is 89.4 Å². The van der Waals surface area contributed by atoms with Crippen molar-refractivity contribution in [2.75, 3.05) is 23.7 Å². The highest BCUT2D eigenvalue weighted by Crippen LogP contribution is 2.28. The quantitative estimate of drug-likeness (QED) is 0.287. The van der Waals surface area contributed by atoms with Crippen molar-refractivity contribution in [1.29, 1.82) is 0 Å². The van der Waals surface area contributed by atoms with E-state index in [4.69, 9.17) is 0 Å². The van der Waals surface area contributed by atoms with E-state index in [2.05, 4.69) is 21.2 Å². The lowest BCUT2D eigenvalue weighted by molar-refractivity contribution is -0.140. The summed E-state index contributed by atoms with van der Waals surface area (Å²) in [5, 5.41) is 2.98. The Morgan fingerprint density at radius 3 is 2.05 bits per heavy atom. The molecular weight excluding hydrogens is 566 g/mol. The third kappa shape index (κ3) is 8.43. The molecule has 0 bridgehead atoms. The first-order valence-electron chi connectivity index (χ1n) is 12.6. The number of nitrogens with zero attached hydrogens (tertiary/aromatic N) is 2. The molecule has 3 aromatic carbocycles. The molecule has 0 heterocycles. The van der Waals surface area contributed by atoms with Crippen molar-refractivity contribution < 1.29 is 18.0 Å². The van der Waals surface area contributed by atoms with Crippen LogP contribution in [0.4, 0.5) is 5.69 Å². The summed E-state index contributed by atoms with van der Waals surface area (Å²) in [6.07, 6.45) is 3.11. The van der Waals surface area contributed by atoms with Gasteiger partial charge in [-0.05, 0) is 45.6 Å². The van der Waals surface area contributed by atoms with Gasteiger partial charge in [0, 0.05) is 24.0 Å². The summed E-state index contributed by atoms with van der Waals surface area (Å²) >= 11 is 3.41. The number of benzene rings is 3. The average molecular weight is 601 g/mol. The normalized spacial score (nSPS) is 12.0. The molecule has 7 nitrogen and oxygen atoms in total. The number of carbonyl (C=O) groups excluding carboxylic acids is 2. The van der Waals surface area contributed by atoms with Crippen molar-refractivity contribution >= 4 is 43.5 Å². The van der Waals surface area contributed by atoms with Crippen LogP contribution in [0, 0.1) is 0 Å². The van der Waals surface area contributed by atoms with Gasteiger partial charge in [0.05, 0.1) is 11.9 Å². The number of unbranched alkanes of at least 4 members (excludes halogenated alkanes) is 1. The Balaban J connectivity index is 2.02. The molecule has 0 aliphatic heterocycles. The van der Waals surface area contributed by atoms with Gasteiger partial charge in [-0.1, -0.05) is 86.1 Å². The molecule has 202 valence electrons. The molecule has 1 atom stereocenters. The number of nitrogens with one attached hydrogen (secondary N) is 1. The third-order valence-corrected chi connectivity index (χ3v) is 7.89. The number of anilines is 1. The number of para-hydroxylation sites is 1. The zero-order valence-corrected chi connectivity index (χ0v) is 24.1. The topological polar surface area (TPSA) is 86.8 Å². The van der Waals surface area contributed by atoms with E-state index >= 15 is 0 Å². The third-order valence-electron chi connectivity index (χ3n) is 6.10. The van der Waals surface area contributed by atoms with Crippen molar-refractivity contribution in [3.63, 3.8) is 0 Å². The van der Waals surface area contributed by atoms with Crippen LogP contribution in [0.25, 0.3) is 0 Å². The van der Waals surface area contributed by atoms with Crippen molar-refractivity contribution in [1.82, 2.24) is 10.2 Å². The average Bonchev–Trinajstić information content (AvgIpc) is 2.90. The maximum absolute atomic E-state index is 14.0. The molecule has 0 aromatic heterocycles. The molecule has 0 saturated heterocycles. The van der Waals surface area contributed by atoms with Gasteiger partial charge in [-0.3, -0.25) is 13.9 Å². The molecule has 38 heavy (non-hydrogen) atoms. The van der Waals surface area contributed by atoms with Gasteiger partial charge < -0.3 is 10.2 Å². The van der Waals surface area contributed by atoms with Crippen molar-refractivity contribution in [3.05, 3.63) is 101 Å². The molecule has 0 radical (unpaired) electrons. The first-order chi connectivity index (χ1) is 18.2. The summed E-state index contributed by atoms with van der Waals surface area (Å²) in [5.41, 5.74) is 2.10. The monoisotopic (exact) mass is 599 g/mol. The highest BCUT2D eigenvalue weighted by atomic mass is 79.9. The van der Waals surface area contributed by atoms with Gasteiger partial charge in [0.15, 0.2) is 0 Å². The summed E-state index contributed by atoms with van der Waals surface area (Å²) in [7, 11) is -3.81. The number of hydrogen-bond acceptors (Lipinski definition) is 4. The molecule has 0 fully saturated rings. The predicted octanol–water partition coefficient (Wildman–Crippen LogP) is 4.77. The van der Waals surface area contributed by atoms with E-state index in [1.54, 1.807) is 24.3 Å². The summed E-state index contributed by atoms with van der Waals surface area (Å²) in [4.78, 5) is 29.0. The first kappa shape index (κ1) is 29.4. The van der Waals surface area contributed by atoms with E-state index in [1.807, 2.05) is 67.6 Å². The van der Waals surface area contributed by atoms with Crippen molar-refractivity contribution in [2.24, 2.45) is 0 Å². The Hall–Kier alpha value is -3.17. The Labute approximate surface area is 234 Å². The van der Waals surface area contributed by atoms with Crippen LogP contribution in [-0.4, -0.2) is 50.5 Å². The van der Waals surface area contributed by atoms with E-state index in [1.165, 1.54) is 4.90 Å². The number of hydrogen-bond donors (Lipinski definition) is 1. The lowest BCUT2D eigenvalue weighted by atomic mass is 10.0. The molecule has 0 saturated carbocycles. The number of halogens is 1. The Morgan fingerprint density at radius 2 is 1.47 bits per heavy atom. The number of carbonyl (C=O) groups is 2. The fourth-order valence-electron chi connectivity index (χ4n) is 4.09. The van der Waals surface area contributed by atoms with Crippen molar-refractivity contribution in [3.8, 4) is 0 Å². The van der Waals surface area contributed by atoms with E-state index < -0.39 is 28.5 Å². The van der Waals surface area contributed by atoms with E-state index in [0.29, 0.717) is 23.1 Å². The molecule has 1 unspecified atom stereocenters. The van der Waals surface area contributed by atoms with E-state index in [0.717, 1.165) is 34.5 Å². The van der Waals surface area contributed by atoms with Gasteiger partial charge >= 0.3 is 0 Å². The van der Waals surface area contributed by atoms with Crippen LogP contribution in [-0.2, 0) is 32.6 Å². The maximum Gasteiger partial charge on any atom is 0.244 e. The van der Waals surface area contributed by atoms with Gasteiger partial charge in [-0.2, -0.15) is 0 Å². The maximum atomic E-state index is 14.0. The van der Waals surface area contributed by atoms with Crippen LogP contribution in [0.2, 0.25) is 0 Å². The van der Waals surface area contributed by atoms with Gasteiger partial charge in [-0.25, -0.2) is 8.42 Å². The summed E-state index contributed by atoms with van der Waals surface area (Å²) < 4.78 is 27.3. The van der Waals surface area contributed by atoms with Crippen molar-refractivity contribution in [2.45, 2.75) is 38.8 Å². The fourth-order valence-corrected chi connectivity index (χ4v) is 5.57. The summed E-state index contributed by atoms with van der Waals surface area (Å²) in [6, 6.07) is 24.9. The molecule has 2 amide bonds. The zero-order chi connectivity index (χ0) is 27.5. The SMILES string of the molecule is CCCCNC(=O)C(Cc1ccccc1)N(Cc1ccccc1)C(=O)CN(c1ccccc1Br)S(C)(=O)=O. The molecule has 3 aromatic rings. The standard InChI is InChI=1S/C29H34BrN3O4S/c1-3-4-19-31-29(35)27(20-23-13-7-5-8-14-23)32(21-24-15-9-6-10-16-24)28(34)22-33(38(2,36)37)26-18-12-11-17-25(26)30/h5-18,27H,3-4,19-22H2,1-2H3,(H,31,35). The van der Waals surface area contributed by atoms with Gasteiger partial charge in [0.25, 0.3) is 0 Å². The second-order valence-electron chi connectivity index (χ2n) is 9.08. The number of rotatable bonds is 13. The highest BCUT2D eigenvalue weighted by molar-refractivity contribution is 9.10. The Bertz CT molecular complexity index is 1300. The molecule has 3 rings (SSSR count). The second kappa shape index (κ2) is 14.1. The van der Waals surface area contributed by atoms with E-state index in [9.17, 15) is 18.0 Å². The van der Waals surface area contributed by atoms with Gasteiger partial charge in [0.1, 0.15) is 12.6 Å². The van der Waals surface area contributed by atoms with Crippen LogP contribution < -0.4 is 9.62 Å². The first-order valence-corrected chi connectivity index (χ1v) is 15.2. The molecule has 0 aliphatic carbocycles. The van der Waals surface area contributed by atoms with Crippen LogP contribution in [0.5, 0.6) is 0 Å². The Kier molecular flexibility index (Phi) is 10.9. The lowest BCUT2D eigenvalue weighted by Gasteiger charge is -2.33. The Morgan fingerprint density at radius 1 is 0.895 bits per heavy atom. The molecular formula is C29H34BrN3O4S. The van der Waals surface area contributed by atoms with Crippen LogP contribution >= 0.6 is 15.9 Å². The van der Waals surface area contributed by atoms with Gasteiger partial charge in [0.2, 0.25) is 21.8 Å². The highest BCUT2D eigenvalue weighted by Gasteiger charge is 2.33. The largest absolute Gasteiger partial charge is 0.354 e. The fraction of sp³-hybridized carbons (Fsp3) is 0.310. The van der Waals surface area contributed by atoms with Gasteiger partial charge in [-0.15, -0.1) is 0 Å². The minimum Gasteiger partial charge on any atom is -0.354 e. The van der Waals surface area contributed by atoms with Crippen LogP contribution in [0.3, 0.4) is 0 Å². The number of amides is 2. The minimum absolute atomic E-state index is 0.159.